The molecule has 1 unspecified atom stereocenters. The third-order valence-electron chi connectivity index (χ3n) is 1.21. The Morgan fingerprint density at radius 3 is 2.09 bits per heavy atom. The summed E-state index contributed by atoms with van der Waals surface area (Å²) in [5.41, 5.74) is 1.06. The van der Waals surface area contributed by atoms with Crippen molar-refractivity contribution in [2.24, 2.45) is 0 Å². The summed E-state index contributed by atoms with van der Waals surface area (Å²) in [4.78, 5) is 0.339. The molecule has 0 aliphatic rings. The third kappa shape index (κ3) is 3.05. The maximum absolute atomic E-state index is 10.3. The lowest BCUT2D eigenvalue weighted by atomic mass is 10.2. The second-order valence-corrected chi connectivity index (χ2v) is 2.99. The number of aryl methyl sites for hydroxylation is 1. The summed E-state index contributed by atoms with van der Waals surface area (Å²) in [7, 11) is 0. The number of hydrogen-bond donors (Lipinski definition) is 0. The standard InChI is InChI=1S/C7H8O2S.H2S/c1-6-2-4-7(5-3-6)10(8)9;/h2-5H,1H3,(H,8,9);1H2/p-1. The normalized spacial score (nSPS) is 11.8. The van der Waals surface area contributed by atoms with E-state index in [1.165, 1.54) is 0 Å². The van der Waals surface area contributed by atoms with E-state index in [0.717, 1.165) is 5.56 Å². The summed E-state index contributed by atoms with van der Waals surface area (Å²) >= 11 is -2.09. The van der Waals surface area contributed by atoms with E-state index in [0.29, 0.717) is 4.90 Å². The van der Waals surface area contributed by atoms with Crippen molar-refractivity contribution >= 4 is 24.6 Å². The van der Waals surface area contributed by atoms with Crippen LogP contribution >= 0.6 is 13.5 Å². The number of rotatable bonds is 1. The number of hydrogen-bond acceptors (Lipinski definition) is 2. The average Bonchev–Trinajstić information content (AvgIpc) is 1.88. The third-order valence-corrected chi connectivity index (χ3v) is 1.87. The van der Waals surface area contributed by atoms with Crippen LogP contribution < -0.4 is 0 Å². The fourth-order valence-corrected chi connectivity index (χ4v) is 1.01. The average molecular weight is 189 g/mol. The summed E-state index contributed by atoms with van der Waals surface area (Å²) in [6.07, 6.45) is 0. The van der Waals surface area contributed by atoms with Crippen LogP contribution in [0.4, 0.5) is 0 Å². The summed E-state index contributed by atoms with van der Waals surface area (Å²) in [5.74, 6) is 0. The Hall–Kier alpha value is -0.320. The molecule has 11 heavy (non-hydrogen) atoms. The number of benzene rings is 1. The molecule has 0 aliphatic carbocycles. The Bertz CT molecular complexity index is 243. The lowest BCUT2D eigenvalue weighted by Gasteiger charge is -2.03. The molecule has 1 rings (SSSR count). The molecular formula is C7H9O2S2-. The van der Waals surface area contributed by atoms with Gasteiger partial charge in [0.2, 0.25) is 0 Å². The van der Waals surface area contributed by atoms with E-state index in [-0.39, 0.29) is 13.5 Å². The summed E-state index contributed by atoms with van der Waals surface area (Å²) in [6, 6.07) is 6.70. The Labute approximate surface area is 75.4 Å². The van der Waals surface area contributed by atoms with Crippen molar-refractivity contribution in [3.05, 3.63) is 29.8 Å². The molecule has 0 N–H and O–H groups in total. The molecule has 0 saturated heterocycles. The van der Waals surface area contributed by atoms with Crippen molar-refractivity contribution in [3.63, 3.8) is 0 Å². The lowest BCUT2D eigenvalue weighted by Crippen LogP contribution is -1.87. The molecule has 0 bridgehead atoms. The van der Waals surface area contributed by atoms with Gasteiger partial charge in [-0.05, 0) is 30.1 Å². The van der Waals surface area contributed by atoms with Crippen molar-refractivity contribution in [1.29, 1.82) is 0 Å². The van der Waals surface area contributed by atoms with Crippen LogP contribution in [0.5, 0.6) is 0 Å². The zero-order chi connectivity index (χ0) is 7.56. The SMILES string of the molecule is Cc1ccc(S(=O)[O-])cc1.S. The van der Waals surface area contributed by atoms with Gasteiger partial charge in [0.15, 0.2) is 0 Å². The van der Waals surface area contributed by atoms with Crippen molar-refractivity contribution in [1.82, 2.24) is 0 Å². The van der Waals surface area contributed by atoms with Crippen molar-refractivity contribution < 1.29 is 8.76 Å². The maximum Gasteiger partial charge on any atom is 0.0248 e. The minimum Gasteiger partial charge on any atom is -0.768 e. The Kier molecular flexibility index (Phi) is 4.40. The van der Waals surface area contributed by atoms with Gasteiger partial charge in [0, 0.05) is 4.90 Å². The van der Waals surface area contributed by atoms with Crippen LogP contribution in [0.15, 0.2) is 29.2 Å². The van der Waals surface area contributed by atoms with Gasteiger partial charge in [-0.25, -0.2) is 0 Å². The minimum atomic E-state index is -2.09. The molecule has 1 aromatic rings. The first kappa shape index (κ1) is 10.7. The highest BCUT2D eigenvalue weighted by molar-refractivity contribution is 7.79. The van der Waals surface area contributed by atoms with Crippen molar-refractivity contribution in [3.8, 4) is 0 Å². The molecule has 2 nitrogen and oxygen atoms in total. The Morgan fingerprint density at radius 2 is 1.73 bits per heavy atom. The van der Waals surface area contributed by atoms with Crippen LogP contribution in [0.25, 0.3) is 0 Å². The fourth-order valence-electron chi connectivity index (χ4n) is 0.649. The zero-order valence-corrected chi connectivity index (χ0v) is 7.85. The zero-order valence-electron chi connectivity index (χ0n) is 6.03. The molecule has 0 spiro atoms. The van der Waals surface area contributed by atoms with Gasteiger partial charge in [0.05, 0.1) is 0 Å². The molecule has 0 saturated carbocycles. The predicted octanol–water partition coefficient (Wildman–Crippen LogP) is 1.35. The first-order valence-corrected chi connectivity index (χ1v) is 3.93. The van der Waals surface area contributed by atoms with Gasteiger partial charge in [-0.2, -0.15) is 13.5 Å². The largest absolute Gasteiger partial charge is 0.768 e. The van der Waals surface area contributed by atoms with Crippen LogP contribution in [-0.2, 0) is 11.1 Å². The van der Waals surface area contributed by atoms with Crippen LogP contribution in [0.3, 0.4) is 0 Å². The molecule has 4 heteroatoms. The monoisotopic (exact) mass is 189 g/mol. The smallest absolute Gasteiger partial charge is 0.0248 e. The van der Waals surface area contributed by atoms with E-state index in [2.05, 4.69) is 0 Å². The highest BCUT2D eigenvalue weighted by atomic mass is 32.2. The molecule has 0 radical (unpaired) electrons. The quantitative estimate of drug-likeness (QED) is 0.625. The van der Waals surface area contributed by atoms with Crippen LogP contribution in [-0.4, -0.2) is 8.76 Å². The first-order valence-electron chi connectivity index (χ1n) is 2.86. The summed E-state index contributed by atoms with van der Waals surface area (Å²) < 4.78 is 20.6. The molecule has 0 aliphatic heterocycles. The lowest BCUT2D eigenvalue weighted by molar-refractivity contribution is 0.537. The van der Waals surface area contributed by atoms with Crippen LogP contribution in [0, 0.1) is 6.92 Å². The van der Waals surface area contributed by atoms with Crippen molar-refractivity contribution in [2.75, 3.05) is 0 Å². The summed E-state index contributed by atoms with van der Waals surface area (Å²) in [5, 5.41) is 0. The van der Waals surface area contributed by atoms with E-state index >= 15 is 0 Å². The molecule has 0 heterocycles. The minimum absolute atomic E-state index is 0. The second-order valence-electron chi connectivity index (χ2n) is 2.05. The topological polar surface area (TPSA) is 40.1 Å². The molecule has 1 atom stereocenters. The van der Waals surface area contributed by atoms with Gasteiger partial charge in [-0.15, -0.1) is 0 Å². The van der Waals surface area contributed by atoms with E-state index in [1.807, 2.05) is 6.92 Å². The molecule has 0 fully saturated rings. The molecule has 0 amide bonds. The highest BCUT2D eigenvalue weighted by Crippen LogP contribution is 2.05. The van der Waals surface area contributed by atoms with Gasteiger partial charge in [-0.1, -0.05) is 17.7 Å². The fraction of sp³-hybridized carbons (Fsp3) is 0.143. The second kappa shape index (κ2) is 4.54. The van der Waals surface area contributed by atoms with Crippen LogP contribution in [0.1, 0.15) is 5.56 Å². The van der Waals surface area contributed by atoms with Crippen LogP contribution in [0.2, 0.25) is 0 Å². The highest BCUT2D eigenvalue weighted by Gasteiger charge is 1.88. The van der Waals surface area contributed by atoms with E-state index in [4.69, 9.17) is 0 Å². The molecule has 0 aromatic heterocycles. The molecular weight excluding hydrogens is 180 g/mol. The first-order chi connectivity index (χ1) is 4.70. The van der Waals surface area contributed by atoms with Gasteiger partial charge in [0.1, 0.15) is 0 Å². The van der Waals surface area contributed by atoms with Gasteiger partial charge in [0.25, 0.3) is 0 Å². The van der Waals surface area contributed by atoms with Gasteiger partial charge < -0.3 is 4.55 Å². The molecule has 1 aromatic carbocycles. The van der Waals surface area contributed by atoms with E-state index in [9.17, 15) is 8.76 Å². The maximum atomic E-state index is 10.3. The predicted molar refractivity (Wildman–Crippen MR) is 48.7 cm³/mol. The van der Waals surface area contributed by atoms with E-state index < -0.39 is 11.1 Å². The van der Waals surface area contributed by atoms with Gasteiger partial charge in [-0.3, -0.25) is 4.21 Å². The Balaban J connectivity index is 0.000001000. The molecule has 62 valence electrons. The summed E-state index contributed by atoms with van der Waals surface area (Å²) in [6.45, 7) is 1.91. The van der Waals surface area contributed by atoms with Gasteiger partial charge >= 0.3 is 0 Å². The van der Waals surface area contributed by atoms with Crippen molar-refractivity contribution in [2.45, 2.75) is 11.8 Å². The Morgan fingerprint density at radius 1 is 1.27 bits per heavy atom. The van der Waals surface area contributed by atoms with E-state index in [1.54, 1.807) is 24.3 Å².